The SMILES string of the molecule is CNC(=O)CS(=O)(=O)C1CCN(S(=O)(=O)c2ccc(F)cc2C)CC1. The molecule has 0 radical (unpaired) electrons. The van der Waals surface area contributed by atoms with E-state index in [9.17, 15) is 26.0 Å². The van der Waals surface area contributed by atoms with Gasteiger partial charge in [-0.1, -0.05) is 0 Å². The first kappa shape index (κ1) is 19.8. The molecule has 0 atom stereocenters. The van der Waals surface area contributed by atoms with Crippen molar-refractivity contribution in [2.45, 2.75) is 29.9 Å². The lowest BCUT2D eigenvalue weighted by molar-refractivity contribution is -0.118. The van der Waals surface area contributed by atoms with Gasteiger partial charge >= 0.3 is 0 Å². The highest BCUT2D eigenvalue weighted by Crippen LogP contribution is 2.26. The summed E-state index contributed by atoms with van der Waals surface area (Å²) in [5.74, 6) is -1.70. The lowest BCUT2D eigenvalue weighted by Crippen LogP contribution is -2.44. The molecule has 1 amide bonds. The van der Waals surface area contributed by atoms with Crippen molar-refractivity contribution >= 4 is 25.8 Å². The molecule has 1 saturated heterocycles. The molecule has 0 aromatic heterocycles. The molecule has 1 heterocycles. The standard InChI is InChI=1S/C15H21FN2O5S2/c1-11-9-12(16)3-4-14(11)25(22,23)18-7-5-13(6-8-18)24(20,21)10-15(19)17-2/h3-4,9,13H,5-8,10H2,1-2H3,(H,17,19). The minimum absolute atomic E-state index is 0.0144. The van der Waals surface area contributed by atoms with Crippen LogP contribution in [-0.4, -0.2) is 58.2 Å². The molecule has 1 aromatic rings. The van der Waals surface area contributed by atoms with Crippen LogP contribution in [0, 0.1) is 12.7 Å². The molecule has 1 fully saturated rings. The van der Waals surface area contributed by atoms with Crippen LogP contribution in [0.1, 0.15) is 18.4 Å². The highest BCUT2D eigenvalue weighted by atomic mass is 32.2. The van der Waals surface area contributed by atoms with E-state index in [1.54, 1.807) is 0 Å². The van der Waals surface area contributed by atoms with Gasteiger partial charge in [0.25, 0.3) is 0 Å². The van der Waals surface area contributed by atoms with Crippen LogP contribution in [0.3, 0.4) is 0 Å². The fourth-order valence-electron chi connectivity index (χ4n) is 2.85. The number of carbonyl (C=O) groups is 1. The topological polar surface area (TPSA) is 101 Å². The predicted octanol–water partition coefficient (Wildman–Crippen LogP) is 0.448. The molecule has 25 heavy (non-hydrogen) atoms. The van der Waals surface area contributed by atoms with E-state index in [-0.39, 0.29) is 30.8 Å². The van der Waals surface area contributed by atoms with E-state index in [0.29, 0.717) is 5.56 Å². The summed E-state index contributed by atoms with van der Waals surface area (Å²) in [5, 5.41) is 1.53. The average Bonchev–Trinajstić information content (AvgIpc) is 2.54. The Kier molecular flexibility index (Phi) is 5.85. The summed E-state index contributed by atoms with van der Waals surface area (Å²) < 4.78 is 64.2. The van der Waals surface area contributed by atoms with Crippen molar-refractivity contribution in [2.24, 2.45) is 0 Å². The molecule has 1 aliphatic rings. The lowest BCUT2D eigenvalue weighted by Gasteiger charge is -2.31. The maximum Gasteiger partial charge on any atom is 0.243 e. The van der Waals surface area contributed by atoms with Crippen molar-refractivity contribution in [3.63, 3.8) is 0 Å². The molecular weight excluding hydrogens is 371 g/mol. The third kappa shape index (κ3) is 4.36. The van der Waals surface area contributed by atoms with Crippen molar-refractivity contribution in [2.75, 3.05) is 25.9 Å². The Morgan fingerprint density at radius 2 is 1.84 bits per heavy atom. The molecule has 1 aromatic carbocycles. The summed E-state index contributed by atoms with van der Waals surface area (Å²) >= 11 is 0. The van der Waals surface area contributed by atoms with E-state index < -0.39 is 42.6 Å². The molecule has 1 aliphatic heterocycles. The van der Waals surface area contributed by atoms with Crippen LogP contribution >= 0.6 is 0 Å². The maximum atomic E-state index is 13.2. The Hall–Kier alpha value is -1.52. The number of nitrogens with one attached hydrogen (secondary N) is 1. The molecule has 140 valence electrons. The van der Waals surface area contributed by atoms with Crippen LogP contribution < -0.4 is 5.32 Å². The van der Waals surface area contributed by atoms with E-state index in [2.05, 4.69) is 5.32 Å². The second-order valence-corrected chi connectivity index (χ2v) is 10.2. The van der Waals surface area contributed by atoms with Gasteiger partial charge in [-0.25, -0.2) is 21.2 Å². The summed E-state index contributed by atoms with van der Waals surface area (Å²) in [6, 6.07) is 3.45. The number of sulfone groups is 1. The number of nitrogens with zero attached hydrogens (tertiary/aromatic N) is 1. The number of hydrogen-bond donors (Lipinski definition) is 1. The Morgan fingerprint density at radius 1 is 1.24 bits per heavy atom. The Bertz CT molecular complexity index is 860. The number of amides is 1. The number of halogens is 1. The van der Waals surface area contributed by atoms with Gasteiger partial charge in [-0.15, -0.1) is 0 Å². The van der Waals surface area contributed by atoms with Crippen molar-refractivity contribution in [3.8, 4) is 0 Å². The van der Waals surface area contributed by atoms with Gasteiger partial charge in [0.1, 0.15) is 11.6 Å². The maximum absolute atomic E-state index is 13.2. The summed E-state index contributed by atoms with van der Waals surface area (Å²) in [5.41, 5.74) is 0.300. The minimum atomic E-state index is -3.81. The van der Waals surface area contributed by atoms with E-state index in [1.807, 2.05) is 0 Å². The van der Waals surface area contributed by atoms with Crippen LogP contribution in [0.4, 0.5) is 4.39 Å². The number of benzene rings is 1. The molecule has 0 bridgehead atoms. The highest BCUT2D eigenvalue weighted by molar-refractivity contribution is 7.92. The Balaban J connectivity index is 2.12. The quantitative estimate of drug-likeness (QED) is 0.784. The summed E-state index contributed by atoms with van der Waals surface area (Å²) in [4.78, 5) is 11.3. The summed E-state index contributed by atoms with van der Waals surface area (Å²) in [6.45, 7) is 1.59. The third-order valence-electron chi connectivity index (χ3n) is 4.27. The molecule has 0 aliphatic carbocycles. The number of rotatable bonds is 5. The molecule has 0 unspecified atom stereocenters. The van der Waals surface area contributed by atoms with Gasteiger partial charge in [-0.3, -0.25) is 4.79 Å². The van der Waals surface area contributed by atoms with Gasteiger partial charge in [0.2, 0.25) is 15.9 Å². The van der Waals surface area contributed by atoms with Crippen LogP contribution in [0.2, 0.25) is 0 Å². The molecule has 7 nitrogen and oxygen atoms in total. The lowest BCUT2D eigenvalue weighted by atomic mass is 10.2. The third-order valence-corrected chi connectivity index (χ3v) is 8.49. The van der Waals surface area contributed by atoms with Crippen LogP contribution in [0.5, 0.6) is 0 Å². The molecule has 2 rings (SSSR count). The van der Waals surface area contributed by atoms with Gasteiger partial charge in [-0.05, 0) is 43.5 Å². The first-order valence-corrected chi connectivity index (χ1v) is 10.9. The molecule has 0 saturated carbocycles. The van der Waals surface area contributed by atoms with Gasteiger partial charge < -0.3 is 5.32 Å². The van der Waals surface area contributed by atoms with Gasteiger partial charge in [0.05, 0.1) is 10.1 Å². The summed E-state index contributed by atoms with van der Waals surface area (Å²) in [6.07, 6.45) is 0.248. The largest absolute Gasteiger partial charge is 0.358 e. The van der Waals surface area contributed by atoms with E-state index in [0.717, 1.165) is 12.1 Å². The van der Waals surface area contributed by atoms with Crippen molar-refractivity contribution in [1.29, 1.82) is 0 Å². The van der Waals surface area contributed by atoms with Gasteiger partial charge in [0.15, 0.2) is 9.84 Å². The fourth-order valence-corrected chi connectivity index (χ4v) is 6.20. The highest BCUT2D eigenvalue weighted by Gasteiger charge is 2.36. The number of aryl methyl sites for hydroxylation is 1. The van der Waals surface area contributed by atoms with Gasteiger partial charge in [-0.2, -0.15) is 4.31 Å². The van der Waals surface area contributed by atoms with Crippen molar-refractivity contribution in [1.82, 2.24) is 9.62 Å². The zero-order valence-electron chi connectivity index (χ0n) is 14.0. The van der Waals surface area contributed by atoms with Crippen LogP contribution in [-0.2, 0) is 24.7 Å². The van der Waals surface area contributed by atoms with E-state index in [1.165, 1.54) is 24.3 Å². The zero-order chi connectivity index (χ0) is 18.8. The number of piperidine rings is 1. The second-order valence-electron chi connectivity index (χ2n) is 5.99. The van der Waals surface area contributed by atoms with E-state index in [4.69, 9.17) is 0 Å². The second kappa shape index (κ2) is 7.38. The normalized spacial score (nSPS) is 17.4. The fraction of sp³-hybridized carbons (Fsp3) is 0.533. The first-order chi connectivity index (χ1) is 11.6. The monoisotopic (exact) mass is 392 g/mol. The van der Waals surface area contributed by atoms with Gasteiger partial charge in [0, 0.05) is 20.1 Å². The number of sulfonamides is 1. The van der Waals surface area contributed by atoms with Crippen molar-refractivity contribution < 1.29 is 26.0 Å². The number of hydrogen-bond acceptors (Lipinski definition) is 5. The Morgan fingerprint density at radius 3 is 2.36 bits per heavy atom. The smallest absolute Gasteiger partial charge is 0.243 e. The summed E-state index contributed by atoms with van der Waals surface area (Å²) in [7, 11) is -6.08. The number of carbonyl (C=O) groups excluding carboxylic acids is 1. The molecule has 1 N–H and O–H groups in total. The molecule has 0 spiro atoms. The van der Waals surface area contributed by atoms with Crippen LogP contribution in [0.15, 0.2) is 23.1 Å². The molecular formula is C15H21FN2O5S2. The molecule has 10 heteroatoms. The Labute approximate surface area is 147 Å². The van der Waals surface area contributed by atoms with Crippen LogP contribution in [0.25, 0.3) is 0 Å². The minimum Gasteiger partial charge on any atom is -0.358 e. The first-order valence-electron chi connectivity index (χ1n) is 7.76. The zero-order valence-corrected chi connectivity index (χ0v) is 15.7. The average molecular weight is 392 g/mol. The van der Waals surface area contributed by atoms with Crippen molar-refractivity contribution in [3.05, 3.63) is 29.6 Å². The predicted molar refractivity (Wildman–Crippen MR) is 90.8 cm³/mol. The van der Waals surface area contributed by atoms with E-state index >= 15 is 0 Å².